The van der Waals surface area contributed by atoms with E-state index in [0.717, 1.165) is 83.5 Å². The molecule has 3 atom stereocenters. The molecule has 3 N–H and O–H groups in total. The molecule has 0 rings (SSSR count). The molecule has 9 nitrogen and oxygen atoms in total. The highest BCUT2D eigenvalue weighted by atomic mass is 31.2. The van der Waals surface area contributed by atoms with E-state index >= 15 is 0 Å². The van der Waals surface area contributed by atoms with Crippen LogP contribution in [0.4, 0.5) is 0 Å². The van der Waals surface area contributed by atoms with Crippen LogP contribution in [-0.2, 0) is 27.9 Å². The number of phosphoric ester groups is 1. The second-order valence-corrected chi connectivity index (χ2v) is 14.0. The number of allylic oxidation sites excluding steroid dienone is 8. The maximum Gasteiger partial charge on any atom is 0.472 e. The topological polar surface area (TPSA) is 132 Å². The highest BCUT2D eigenvalue weighted by molar-refractivity contribution is 7.47. The van der Waals surface area contributed by atoms with E-state index in [-0.39, 0.29) is 19.6 Å². The van der Waals surface area contributed by atoms with E-state index in [1.165, 1.54) is 38.5 Å². The number of phosphoric acid groups is 1. The molecule has 0 aromatic carbocycles. The zero-order valence-corrected chi connectivity index (χ0v) is 31.8. The Morgan fingerprint density at radius 3 is 1.76 bits per heavy atom. The Hall–Kier alpha value is -1.58. The predicted molar refractivity (Wildman–Crippen MR) is 200 cm³/mol. The second-order valence-electron chi connectivity index (χ2n) is 12.6. The van der Waals surface area contributed by atoms with Crippen molar-refractivity contribution in [2.24, 2.45) is 0 Å². The van der Waals surface area contributed by atoms with Gasteiger partial charge in [-0.2, -0.15) is 0 Å². The number of esters is 1. The molecule has 0 fully saturated rings. The van der Waals surface area contributed by atoms with Crippen LogP contribution in [0.25, 0.3) is 0 Å². The van der Waals surface area contributed by atoms with E-state index in [2.05, 4.69) is 62.5 Å². The fraction of sp³-hybridized carbons (Fsp3) is 0.769. The van der Waals surface area contributed by atoms with Crippen molar-refractivity contribution in [1.29, 1.82) is 0 Å². The van der Waals surface area contributed by atoms with Crippen LogP contribution in [0.3, 0.4) is 0 Å². The van der Waals surface area contributed by atoms with E-state index in [9.17, 15) is 19.4 Å². The maximum atomic E-state index is 12.5. The van der Waals surface area contributed by atoms with Gasteiger partial charge < -0.3 is 24.6 Å². The van der Waals surface area contributed by atoms with Gasteiger partial charge in [-0.3, -0.25) is 13.8 Å². The van der Waals surface area contributed by atoms with Crippen molar-refractivity contribution in [1.82, 2.24) is 0 Å². The standard InChI is InChI=1S/C39H71O9P/c1-3-5-7-9-11-13-14-15-16-17-18-19-20-21-22-23-25-27-29-31-39(42)48-38(36-47-49(43,44)46-34-37(41)33-40)35-45-32-30-28-26-24-12-10-8-6-4-2/h5,7,11,13,15-16,18-19,37-38,40-41H,3-4,6,8-10,12,14,17,20-36H2,1-2H3,(H,43,44)/b7-5-,13-11-,16-15-,19-18-. The lowest BCUT2D eigenvalue weighted by molar-refractivity contribution is -0.154. The largest absolute Gasteiger partial charge is 0.472 e. The molecule has 0 radical (unpaired) electrons. The van der Waals surface area contributed by atoms with E-state index in [1.807, 2.05) is 0 Å². The van der Waals surface area contributed by atoms with Crippen LogP contribution >= 0.6 is 7.82 Å². The van der Waals surface area contributed by atoms with Crippen molar-refractivity contribution in [3.63, 3.8) is 0 Å². The number of rotatable bonds is 36. The maximum absolute atomic E-state index is 12.5. The summed E-state index contributed by atoms with van der Waals surface area (Å²) in [5.74, 6) is -0.399. The molecule has 0 amide bonds. The molecule has 286 valence electrons. The average molecular weight is 715 g/mol. The summed E-state index contributed by atoms with van der Waals surface area (Å²) in [6.07, 6.45) is 37.8. The zero-order valence-electron chi connectivity index (χ0n) is 30.9. The first kappa shape index (κ1) is 47.4. The van der Waals surface area contributed by atoms with Gasteiger partial charge in [0.05, 0.1) is 26.4 Å². The summed E-state index contributed by atoms with van der Waals surface area (Å²) >= 11 is 0. The third-order valence-corrected chi connectivity index (χ3v) is 8.73. The average Bonchev–Trinajstić information content (AvgIpc) is 3.09. The Balaban J connectivity index is 4.21. The van der Waals surface area contributed by atoms with Gasteiger partial charge in [-0.1, -0.05) is 140 Å². The minimum absolute atomic E-state index is 0.0430. The molecule has 0 aliphatic carbocycles. The summed E-state index contributed by atoms with van der Waals surface area (Å²) in [4.78, 5) is 22.4. The van der Waals surface area contributed by atoms with Crippen molar-refractivity contribution in [3.05, 3.63) is 48.6 Å². The molecule has 0 aromatic heterocycles. The van der Waals surface area contributed by atoms with Gasteiger partial charge in [0.2, 0.25) is 0 Å². The van der Waals surface area contributed by atoms with Gasteiger partial charge in [0.1, 0.15) is 12.2 Å². The molecule has 10 heteroatoms. The Labute approximate surface area is 298 Å². The van der Waals surface area contributed by atoms with Crippen LogP contribution < -0.4 is 0 Å². The molecule has 0 saturated heterocycles. The van der Waals surface area contributed by atoms with Crippen molar-refractivity contribution in [3.8, 4) is 0 Å². The van der Waals surface area contributed by atoms with Gasteiger partial charge in [-0.25, -0.2) is 4.57 Å². The van der Waals surface area contributed by atoms with Crippen LogP contribution in [0.2, 0.25) is 0 Å². The van der Waals surface area contributed by atoms with E-state index in [0.29, 0.717) is 13.0 Å². The summed E-state index contributed by atoms with van der Waals surface area (Å²) in [6, 6.07) is 0. The summed E-state index contributed by atoms with van der Waals surface area (Å²) in [6.45, 7) is 3.35. The van der Waals surface area contributed by atoms with Crippen LogP contribution in [0.15, 0.2) is 48.6 Å². The highest BCUT2D eigenvalue weighted by Gasteiger charge is 2.26. The summed E-state index contributed by atoms with van der Waals surface area (Å²) in [5.41, 5.74) is 0. The lowest BCUT2D eigenvalue weighted by Crippen LogP contribution is -2.29. The number of hydrogen-bond acceptors (Lipinski definition) is 8. The third kappa shape index (κ3) is 36.0. The van der Waals surface area contributed by atoms with Gasteiger partial charge in [0, 0.05) is 13.0 Å². The van der Waals surface area contributed by atoms with Gasteiger partial charge in [-0.05, 0) is 51.4 Å². The number of aliphatic hydroxyl groups is 2. The minimum atomic E-state index is -4.51. The van der Waals surface area contributed by atoms with Crippen molar-refractivity contribution in [2.75, 3.05) is 33.0 Å². The Morgan fingerprint density at radius 1 is 0.653 bits per heavy atom. The lowest BCUT2D eigenvalue weighted by Gasteiger charge is -2.20. The van der Waals surface area contributed by atoms with Gasteiger partial charge in [-0.15, -0.1) is 0 Å². The van der Waals surface area contributed by atoms with E-state index < -0.39 is 39.2 Å². The van der Waals surface area contributed by atoms with Crippen molar-refractivity contribution >= 4 is 13.8 Å². The molecule has 0 aromatic rings. The number of carbonyl (C=O) groups is 1. The first-order valence-electron chi connectivity index (χ1n) is 19.1. The van der Waals surface area contributed by atoms with Crippen LogP contribution in [-0.4, -0.2) is 66.3 Å². The summed E-state index contributed by atoms with van der Waals surface area (Å²) in [5, 5.41) is 18.3. The first-order valence-corrected chi connectivity index (χ1v) is 20.6. The molecule has 49 heavy (non-hydrogen) atoms. The monoisotopic (exact) mass is 714 g/mol. The zero-order chi connectivity index (χ0) is 36.1. The molecule has 0 aliphatic rings. The third-order valence-electron chi connectivity index (χ3n) is 7.78. The molecule has 0 aliphatic heterocycles. The lowest BCUT2D eigenvalue weighted by atomic mass is 10.1. The Kier molecular flexibility index (Phi) is 35.1. The molecule has 0 heterocycles. The van der Waals surface area contributed by atoms with E-state index in [4.69, 9.17) is 23.6 Å². The first-order chi connectivity index (χ1) is 23.8. The fourth-order valence-corrected chi connectivity index (χ4v) is 5.66. The smallest absolute Gasteiger partial charge is 0.457 e. The van der Waals surface area contributed by atoms with E-state index in [1.54, 1.807) is 0 Å². The number of carbonyl (C=O) groups excluding carboxylic acids is 1. The fourth-order valence-electron chi connectivity index (χ4n) is 4.87. The molecule has 0 spiro atoms. The number of unbranched alkanes of at least 4 members (excludes halogenated alkanes) is 14. The van der Waals surface area contributed by atoms with Crippen LogP contribution in [0.5, 0.6) is 0 Å². The van der Waals surface area contributed by atoms with Crippen molar-refractivity contribution < 1.29 is 43.0 Å². The Morgan fingerprint density at radius 2 is 1.16 bits per heavy atom. The molecular formula is C39H71O9P. The molecule has 3 unspecified atom stereocenters. The summed E-state index contributed by atoms with van der Waals surface area (Å²) < 4.78 is 33.2. The molecular weight excluding hydrogens is 643 g/mol. The minimum Gasteiger partial charge on any atom is -0.457 e. The highest BCUT2D eigenvalue weighted by Crippen LogP contribution is 2.43. The van der Waals surface area contributed by atoms with Gasteiger partial charge >= 0.3 is 13.8 Å². The normalized spacial score (nSPS) is 14.8. The second kappa shape index (κ2) is 36.2. The number of hydrogen-bond donors (Lipinski definition) is 3. The summed E-state index contributed by atoms with van der Waals surface area (Å²) in [7, 11) is -4.51. The molecule has 0 bridgehead atoms. The Bertz CT molecular complexity index is 903. The van der Waals surface area contributed by atoms with Crippen LogP contribution in [0, 0.1) is 0 Å². The van der Waals surface area contributed by atoms with Crippen LogP contribution in [0.1, 0.15) is 149 Å². The van der Waals surface area contributed by atoms with Gasteiger partial charge in [0.15, 0.2) is 0 Å². The SMILES string of the molecule is CC/C=C\C/C=C\C/C=C\C/C=C\CCCCCCCCC(=O)OC(COCCCCCCCCCCC)COP(=O)(O)OCC(O)CO. The van der Waals surface area contributed by atoms with Gasteiger partial charge in [0.25, 0.3) is 0 Å². The molecule has 0 saturated carbocycles. The predicted octanol–water partition coefficient (Wildman–Crippen LogP) is 9.86. The quantitative estimate of drug-likeness (QED) is 0.0251. The number of ether oxygens (including phenoxy) is 2. The number of aliphatic hydroxyl groups excluding tert-OH is 2. The van der Waals surface area contributed by atoms with Crippen molar-refractivity contribution in [2.45, 2.75) is 161 Å².